The number of benzene rings is 2. The first-order chi connectivity index (χ1) is 11.4. The summed E-state index contributed by atoms with van der Waals surface area (Å²) >= 11 is 3.30. The van der Waals surface area contributed by atoms with Crippen LogP contribution in [0.5, 0.6) is 0 Å². The normalized spacial score (nSPS) is 15.4. The fraction of sp³-hybridized carbons (Fsp3) is 0.176. The van der Waals surface area contributed by atoms with Crippen LogP contribution in [-0.2, 0) is 10.0 Å². The van der Waals surface area contributed by atoms with Crippen molar-refractivity contribution >= 4 is 37.6 Å². The molecular formula is C17H14BrNO4S. The number of halogens is 1. The van der Waals surface area contributed by atoms with Crippen molar-refractivity contribution in [2.24, 2.45) is 0 Å². The van der Waals surface area contributed by atoms with E-state index in [-0.39, 0.29) is 35.6 Å². The molecule has 0 spiro atoms. The van der Waals surface area contributed by atoms with Gasteiger partial charge in [0.15, 0.2) is 5.78 Å². The van der Waals surface area contributed by atoms with Gasteiger partial charge in [-0.15, -0.1) is 0 Å². The summed E-state index contributed by atoms with van der Waals surface area (Å²) < 4.78 is 26.5. The van der Waals surface area contributed by atoms with Gasteiger partial charge in [-0.25, -0.2) is 12.7 Å². The number of carbonyl (C=O) groups excluding carboxylic acids is 2. The number of hydrogen-bond donors (Lipinski definition) is 0. The molecule has 1 aliphatic rings. The molecule has 0 atom stereocenters. The fourth-order valence-electron chi connectivity index (χ4n) is 2.62. The van der Waals surface area contributed by atoms with Crippen molar-refractivity contribution in [2.75, 3.05) is 6.54 Å². The van der Waals surface area contributed by atoms with Crippen LogP contribution in [0.25, 0.3) is 0 Å². The third-order valence-corrected chi connectivity index (χ3v) is 6.21. The Morgan fingerprint density at radius 1 is 1.04 bits per heavy atom. The number of ketones is 1. The van der Waals surface area contributed by atoms with Gasteiger partial charge in [0.2, 0.25) is 0 Å². The van der Waals surface area contributed by atoms with Gasteiger partial charge in [0.05, 0.1) is 5.56 Å². The third kappa shape index (κ3) is 3.01. The van der Waals surface area contributed by atoms with Crippen LogP contribution in [0.4, 0.5) is 0 Å². The van der Waals surface area contributed by atoms with Crippen LogP contribution < -0.4 is 0 Å². The van der Waals surface area contributed by atoms with Crippen molar-refractivity contribution < 1.29 is 18.0 Å². The molecule has 1 heterocycles. The van der Waals surface area contributed by atoms with Crippen LogP contribution in [0, 0.1) is 0 Å². The van der Waals surface area contributed by atoms with Gasteiger partial charge in [0, 0.05) is 23.0 Å². The molecule has 3 rings (SSSR count). The minimum absolute atomic E-state index is 0.00187. The topological polar surface area (TPSA) is 71.5 Å². The maximum absolute atomic E-state index is 12.4. The van der Waals surface area contributed by atoms with E-state index in [1.54, 1.807) is 36.4 Å². The first-order valence-electron chi connectivity index (χ1n) is 7.36. The number of nitrogens with zero attached hydrogens (tertiary/aromatic N) is 1. The minimum atomic E-state index is -3.80. The molecule has 2 aromatic rings. The van der Waals surface area contributed by atoms with E-state index < -0.39 is 15.9 Å². The molecule has 5 nitrogen and oxygen atoms in total. The monoisotopic (exact) mass is 407 g/mol. The van der Waals surface area contributed by atoms with Gasteiger partial charge in [-0.05, 0) is 30.7 Å². The van der Waals surface area contributed by atoms with Crippen LogP contribution in [-0.4, -0.2) is 31.0 Å². The van der Waals surface area contributed by atoms with E-state index in [0.717, 1.165) is 8.78 Å². The predicted molar refractivity (Wildman–Crippen MR) is 92.4 cm³/mol. The van der Waals surface area contributed by atoms with Crippen LogP contribution in [0.1, 0.15) is 33.6 Å². The van der Waals surface area contributed by atoms with E-state index in [0.29, 0.717) is 5.56 Å². The van der Waals surface area contributed by atoms with Crippen molar-refractivity contribution in [2.45, 2.75) is 17.7 Å². The summed E-state index contributed by atoms with van der Waals surface area (Å²) in [5, 5.41) is 0. The molecule has 24 heavy (non-hydrogen) atoms. The van der Waals surface area contributed by atoms with Crippen molar-refractivity contribution in [1.82, 2.24) is 4.31 Å². The Hall–Kier alpha value is -1.99. The van der Waals surface area contributed by atoms with Gasteiger partial charge < -0.3 is 0 Å². The van der Waals surface area contributed by atoms with Crippen molar-refractivity contribution in [3.05, 3.63) is 64.1 Å². The molecule has 2 aromatic carbocycles. The number of sulfonamides is 1. The summed E-state index contributed by atoms with van der Waals surface area (Å²) in [5.74, 6) is -0.606. The van der Waals surface area contributed by atoms with Gasteiger partial charge >= 0.3 is 0 Å². The molecule has 0 bridgehead atoms. The lowest BCUT2D eigenvalue weighted by molar-refractivity contribution is 0.0860. The molecule has 0 saturated carbocycles. The van der Waals surface area contributed by atoms with Gasteiger partial charge in [0.1, 0.15) is 4.90 Å². The number of fused-ring (bicyclic) bond motifs is 1. The zero-order valence-electron chi connectivity index (χ0n) is 12.6. The van der Waals surface area contributed by atoms with Crippen LogP contribution in [0.15, 0.2) is 57.9 Å². The summed E-state index contributed by atoms with van der Waals surface area (Å²) in [6.45, 7) is -0.00187. The van der Waals surface area contributed by atoms with E-state index in [9.17, 15) is 18.0 Å². The SMILES string of the molecule is O=C(CCCN1C(=O)c2ccccc2S1(=O)=O)c1ccc(Br)cc1. The van der Waals surface area contributed by atoms with Crippen molar-refractivity contribution in [1.29, 1.82) is 0 Å². The van der Waals surface area contributed by atoms with Crippen LogP contribution >= 0.6 is 15.9 Å². The lowest BCUT2D eigenvalue weighted by atomic mass is 10.1. The average Bonchev–Trinajstić information content (AvgIpc) is 2.76. The Kier molecular flexibility index (Phi) is 4.56. The Bertz CT molecular complexity index is 906. The van der Waals surface area contributed by atoms with Crippen molar-refractivity contribution in [3.8, 4) is 0 Å². The molecule has 0 saturated heterocycles. The molecule has 0 N–H and O–H groups in total. The fourth-order valence-corrected chi connectivity index (χ4v) is 4.49. The maximum atomic E-state index is 12.4. The molecular weight excluding hydrogens is 394 g/mol. The van der Waals surface area contributed by atoms with E-state index in [4.69, 9.17) is 0 Å². The highest BCUT2D eigenvalue weighted by Crippen LogP contribution is 2.30. The Balaban J connectivity index is 1.67. The molecule has 1 aliphatic heterocycles. The summed E-state index contributed by atoms with van der Waals surface area (Å²) in [6.07, 6.45) is 0.463. The standard InChI is InChI=1S/C17H14BrNO4S/c18-13-9-7-12(8-10-13)15(20)5-3-11-19-17(21)14-4-1-2-6-16(14)24(19,22)23/h1-2,4,6-10H,3,5,11H2. The number of carbonyl (C=O) groups is 2. The number of amides is 1. The Morgan fingerprint density at radius 2 is 1.71 bits per heavy atom. The Morgan fingerprint density at radius 3 is 2.38 bits per heavy atom. The van der Waals surface area contributed by atoms with E-state index in [1.807, 2.05) is 0 Å². The third-order valence-electron chi connectivity index (χ3n) is 3.84. The summed E-state index contributed by atoms with van der Waals surface area (Å²) in [6, 6.07) is 13.1. The first kappa shape index (κ1) is 16.9. The van der Waals surface area contributed by atoms with Gasteiger partial charge in [-0.3, -0.25) is 9.59 Å². The molecule has 1 amide bonds. The first-order valence-corrected chi connectivity index (χ1v) is 9.59. The quantitative estimate of drug-likeness (QED) is 0.713. The molecule has 0 radical (unpaired) electrons. The van der Waals surface area contributed by atoms with E-state index >= 15 is 0 Å². The summed E-state index contributed by atoms with van der Waals surface area (Å²) in [5.41, 5.74) is 0.758. The predicted octanol–water partition coefficient (Wildman–Crippen LogP) is 3.26. The van der Waals surface area contributed by atoms with Gasteiger partial charge in [0.25, 0.3) is 15.9 Å². The van der Waals surface area contributed by atoms with Crippen LogP contribution in [0.3, 0.4) is 0 Å². The highest BCUT2D eigenvalue weighted by molar-refractivity contribution is 9.10. The smallest absolute Gasteiger partial charge is 0.269 e. The largest absolute Gasteiger partial charge is 0.294 e. The second-order valence-corrected chi connectivity index (χ2v) is 8.16. The van der Waals surface area contributed by atoms with Gasteiger partial charge in [-0.2, -0.15) is 0 Å². The zero-order chi connectivity index (χ0) is 17.3. The summed E-state index contributed by atoms with van der Waals surface area (Å²) in [4.78, 5) is 24.4. The number of Topliss-reactive ketones (excluding diaryl/α,β-unsaturated/α-hetero) is 1. The highest BCUT2D eigenvalue weighted by atomic mass is 79.9. The second kappa shape index (κ2) is 6.49. The highest BCUT2D eigenvalue weighted by Gasteiger charge is 2.40. The molecule has 124 valence electrons. The Labute approximate surface area is 148 Å². The molecule has 7 heteroatoms. The molecule has 0 fully saturated rings. The van der Waals surface area contributed by atoms with E-state index in [1.165, 1.54) is 12.1 Å². The lowest BCUT2D eigenvalue weighted by Gasteiger charge is -2.14. The molecule has 0 unspecified atom stereocenters. The maximum Gasteiger partial charge on any atom is 0.269 e. The van der Waals surface area contributed by atoms with Gasteiger partial charge in [-0.1, -0.05) is 40.2 Å². The van der Waals surface area contributed by atoms with Crippen molar-refractivity contribution in [3.63, 3.8) is 0 Å². The van der Waals surface area contributed by atoms with Crippen LogP contribution in [0.2, 0.25) is 0 Å². The van der Waals surface area contributed by atoms with E-state index in [2.05, 4.69) is 15.9 Å². The lowest BCUT2D eigenvalue weighted by Crippen LogP contribution is -2.31. The summed E-state index contributed by atoms with van der Waals surface area (Å²) in [7, 11) is -3.80. The average molecular weight is 408 g/mol. The number of hydrogen-bond acceptors (Lipinski definition) is 4. The molecule has 0 aromatic heterocycles. The minimum Gasteiger partial charge on any atom is -0.294 e. The zero-order valence-corrected chi connectivity index (χ0v) is 15.0. The number of rotatable bonds is 5. The second-order valence-electron chi connectivity index (χ2n) is 5.41. The molecule has 0 aliphatic carbocycles.